The maximum absolute atomic E-state index is 11.7. The van der Waals surface area contributed by atoms with Crippen molar-refractivity contribution in [1.29, 1.82) is 0 Å². The van der Waals surface area contributed by atoms with Gasteiger partial charge in [0.1, 0.15) is 0 Å². The first-order valence-corrected chi connectivity index (χ1v) is 6.77. The van der Waals surface area contributed by atoms with Crippen LogP contribution < -0.4 is 0 Å². The Balaban J connectivity index is 2.40. The first kappa shape index (κ1) is 15.6. The van der Waals surface area contributed by atoms with Crippen LogP contribution >= 0.6 is 22.6 Å². The van der Waals surface area contributed by atoms with Crippen molar-refractivity contribution >= 4 is 40.5 Å². The summed E-state index contributed by atoms with van der Waals surface area (Å²) in [5.74, 6) is -0.936. The van der Waals surface area contributed by atoms with E-state index in [0.717, 1.165) is 3.57 Å². The predicted molar refractivity (Wildman–Crippen MR) is 75.8 cm³/mol. The highest BCUT2D eigenvalue weighted by Crippen LogP contribution is 2.10. The van der Waals surface area contributed by atoms with E-state index in [2.05, 4.69) is 32.1 Å². The van der Waals surface area contributed by atoms with Gasteiger partial charge in [-0.2, -0.15) is 0 Å². The van der Waals surface area contributed by atoms with E-state index in [-0.39, 0.29) is 25.2 Å². The maximum atomic E-state index is 11.7. The third-order valence-corrected chi connectivity index (χ3v) is 2.90. The van der Waals surface area contributed by atoms with Gasteiger partial charge < -0.3 is 9.47 Å². The molecule has 0 fully saturated rings. The molecular formula is C13H13IO5. The number of Topliss-reactive ketones (excluding diaryl/α,β-unsaturated/α-hetero) is 1. The van der Waals surface area contributed by atoms with Gasteiger partial charge in [-0.05, 0) is 41.6 Å². The topological polar surface area (TPSA) is 69.7 Å². The highest BCUT2D eigenvalue weighted by atomic mass is 127. The van der Waals surface area contributed by atoms with Crippen molar-refractivity contribution in [2.75, 3.05) is 6.61 Å². The van der Waals surface area contributed by atoms with E-state index in [9.17, 15) is 14.4 Å². The van der Waals surface area contributed by atoms with Gasteiger partial charge in [0.2, 0.25) is 0 Å². The molecule has 1 rings (SSSR count). The number of esters is 1. The van der Waals surface area contributed by atoms with Crippen LogP contribution in [0.4, 0.5) is 4.79 Å². The Hall–Kier alpha value is -1.44. The van der Waals surface area contributed by atoms with Crippen molar-refractivity contribution in [3.8, 4) is 0 Å². The van der Waals surface area contributed by atoms with E-state index in [1.807, 2.05) is 12.1 Å². The fraction of sp³-hybridized carbons (Fsp3) is 0.308. The van der Waals surface area contributed by atoms with Gasteiger partial charge in [-0.15, -0.1) is 0 Å². The molecule has 0 N–H and O–H groups in total. The summed E-state index contributed by atoms with van der Waals surface area (Å²) in [5, 5.41) is 0. The van der Waals surface area contributed by atoms with E-state index in [1.165, 1.54) is 0 Å². The summed E-state index contributed by atoms with van der Waals surface area (Å²) < 4.78 is 9.82. The summed E-state index contributed by atoms with van der Waals surface area (Å²) in [5.41, 5.74) is 0.532. The number of ketones is 1. The molecule has 19 heavy (non-hydrogen) atoms. The number of carbonyl (C=O) groups is 3. The van der Waals surface area contributed by atoms with Gasteiger partial charge >= 0.3 is 12.1 Å². The van der Waals surface area contributed by atoms with E-state index < -0.39 is 12.1 Å². The quantitative estimate of drug-likeness (QED) is 0.342. The van der Waals surface area contributed by atoms with Crippen LogP contribution in [0.5, 0.6) is 0 Å². The van der Waals surface area contributed by atoms with Crippen molar-refractivity contribution in [3.05, 3.63) is 33.4 Å². The molecule has 1 aromatic rings. The molecule has 102 valence electrons. The summed E-state index contributed by atoms with van der Waals surface area (Å²) >= 11 is 2.14. The third kappa shape index (κ3) is 5.82. The molecular weight excluding hydrogens is 363 g/mol. The summed E-state index contributed by atoms with van der Waals surface area (Å²) in [4.78, 5) is 33.8. The largest absolute Gasteiger partial charge is 0.516 e. The smallest absolute Gasteiger partial charge is 0.434 e. The zero-order valence-corrected chi connectivity index (χ0v) is 12.5. The van der Waals surface area contributed by atoms with Crippen molar-refractivity contribution in [1.82, 2.24) is 0 Å². The van der Waals surface area contributed by atoms with Gasteiger partial charge in [0, 0.05) is 15.6 Å². The van der Waals surface area contributed by atoms with E-state index in [1.54, 1.807) is 19.1 Å². The molecule has 5 nitrogen and oxygen atoms in total. The molecule has 0 radical (unpaired) electrons. The van der Waals surface area contributed by atoms with Crippen LogP contribution in [0.1, 0.15) is 30.1 Å². The summed E-state index contributed by atoms with van der Waals surface area (Å²) in [6, 6.07) is 7.01. The first-order valence-electron chi connectivity index (χ1n) is 5.69. The van der Waals surface area contributed by atoms with Crippen LogP contribution in [0, 0.1) is 3.57 Å². The highest BCUT2D eigenvalue weighted by molar-refractivity contribution is 14.1. The van der Waals surface area contributed by atoms with E-state index in [0.29, 0.717) is 5.56 Å². The molecule has 0 atom stereocenters. The fourth-order valence-corrected chi connectivity index (χ4v) is 1.65. The average Bonchev–Trinajstić information content (AvgIpc) is 2.37. The molecule has 0 bridgehead atoms. The van der Waals surface area contributed by atoms with Gasteiger partial charge in [-0.3, -0.25) is 9.59 Å². The minimum Gasteiger partial charge on any atom is -0.434 e. The first-order chi connectivity index (χ1) is 9.02. The zero-order valence-electron chi connectivity index (χ0n) is 10.3. The molecule has 0 aromatic heterocycles. The van der Waals surface area contributed by atoms with Crippen molar-refractivity contribution < 1.29 is 23.9 Å². The minimum atomic E-state index is -1.03. The molecule has 6 heteroatoms. The lowest BCUT2D eigenvalue weighted by Gasteiger charge is -2.03. The Bertz CT molecular complexity index is 466. The minimum absolute atomic E-state index is 0.00116. The molecule has 0 aliphatic heterocycles. The molecule has 1 aromatic carbocycles. The summed E-state index contributed by atoms with van der Waals surface area (Å²) in [6.45, 7) is 1.74. The van der Waals surface area contributed by atoms with Gasteiger partial charge in [-0.1, -0.05) is 12.1 Å². The molecule has 0 amide bonds. The van der Waals surface area contributed by atoms with Gasteiger partial charge in [0.05, 0.1) is 13.0 Å². The summed E-state index contributed by atoms with van der Waals surface area (Å²) in [6.07, 6.45) is -1.18. The molecule has 0 aliphatic carbocycles. The second kappa shape index (κ2) is 7.88. The molecule has 0 unspecified atom stereocenters. The maximum Gasteiger partial charge on any atom is 0.516 e. The Morgan fingerprint density at radius 1 is 1.11 bits per heavy atom. The van der Waals surface area contributed by atoms with Crippen LogP contribution in [0.25, 0.3) is 0 Å². The number of rotatable bonds is 5. The SMILES string of the molecule is CCOC(=O)OC(=O)CCC(=O)c1ccc(I)cc1. The van der Waals surface area contributed by atoms with Crippen molar-refractivity contribution in [2.24, 2.45) is 0 Å². The number of hydrogen-bond donors (Lipinski definition) is 0. The molecule has 0 saturated heterocycles. The lowest BCUT2D eigenvalue weighted by Crippen LogP contribution is -2.14. The number of ether oxygens (including phenoxy) is 2. The van der Waals surface area contributed by atoms with Crippen molar-refractivity contribution in [2.45, 2.75) is 19.8 Å². The highest BCUT2D eigenvalue weighted by Gasteiger charge is 2.14. The molecule has 0 aliphatic rings. The monoisotopic (exact) mass is 376 g/mol. The number of hydrogen-bond acceptors (Lipinski definition) is 5. The Kier molecular flexibility index (Phi) is 6.48. The van der Waals surface area contributed by atoms with Crippen LogP contribution in [-0.2, 0) is 14.3 Å². The summed E-state index contributed by atoms with van der Waals surface area (Å²) in [7, 11) is 0. The molecule has 0 saturated carbocycles. The zero-order chi connectivity index (χ0) is 14.3. The number of carbonyl (C=O) groups excluding carboxylic acids is 3. The second-order valence-electron chi connectivity index (χ2n) is 3.59. The average molecular weight is 376 g/mol. The van der Waals surface area contributed by atoms with Gasteiger partial charge in [-0.25, -0.2) is 4.79 Å². The lowest BCUT2D eigenvalue weighted by atomic mass is 10.1. The Labute approximate surface area is 124 Å². The van der Waals surface area contributed by atoms with E-state index >= 15 is 0 Å². The third-order valence-electron chi connectivity index (χ3n) is 2.18. The Morgan fingerprint density at radius 2 is 1.74 bits per heavy atom. The lowest BCUT2D eigenvalue weighted by molar-refractivity contribution is -0.139. The fourth-order valence-electron chi connectivity index (χ4n) is 1.29. The van der Waals surface area contributed by atoms with Crippen molar-refractivity contribution in [3.63, 3.8) is 0 Å². The van der Waals surface area contributed by atoms with Crippen LogP contribution in [0.2, 0.25) is 0 Å². The van der Waals surface area contributed by atoms with E-state index in [4.69, 9.17) is 0 Å². The molecule has 0 heterocycles. The molecule has 0 spiro atoms. The second-order valence-corrected chi connectivity index (χ2v) is 4.83. The van der Waals surface area contributed by atoms with Gasteiger partial charge in [0.25, 0.3) is 0 Å². The normalized spacial score (nSPS) is 9.79. The van der Waals surface area contributed by atoms with Gasteiger partial charge in [0.15, 0.2) is 5.78 Å². The van der Waals surface area contributed by atoms with Crippen LogP contribution in [0.15, 0.2) is 24.3 Å². The number of halogens is 1. The predicted octanol–water partition coefficient (Wildman–Crippen LogP) is 2.95. The van der Waals surface area contributed by atoms with Crippen LogP contribution in [0.3, 0.4) is 0 Å². The standard InChI is InChI=1S/C13H13IO5/c1-2-18-13(17)19-12(16)8-7-11(15)9-3-5-10(14)6-4-9/h3-6H,2,7-8H2,1H3. The Morgan fingerprint density at radius 3 is 2.32 bits per heavy atom. The number of benzene rings is 1. The van der Waals surface area contributed by atoms with Crippen LogP contribution in [-0.4, -0.2) is 24.5 Å².